The SMILES string of the molecule is Cc1cccc(-n2c3ccccc3c3c2ccc2c4ccccc4n(-c4cccc(C)c4)c23)c1. The first-order valence-electron chi connectivity index (χ1n) is 11.8. The van der Waals surface area contributed by atoms with Gasteiger partial charge in [0.25, 0.3) is 0 Å². The molecular weight excluding hydrogens is 412 g/mol. The van der Waals surface area contributed by atoms with E-state index >= 15 is 0 Å². The van der Waals surface area contributed by atoms with E-state index in [-0.39, 0.29) is 0 Å². The van der Waals surface area contributed by atoms with Gasteiger partial charge in [0.15, 0.2) is 0 Å². The van der Waals surface area contributed by atoms with Crippen molar-refractivity contribution in [3.05, 3.63) is 120 Å². The number of aromatic nitrogens is 2. The van der Waals surface area contributed by atoms with Crippen LogP contribution < -0.4 is 0 Å². The van der Waals surface area contributed by atoms with Gasteiger partial charge in [0.2, 0.25) is 0 Å². The molecule has 2 nitrogen and oxygen atoms in total. The summed E-state index contributed by atoms with van der Waals surface area (Å²) in [4.78, 5) is 0. The molecular formula is C32H24N2. The van der Waals surface area contributed by atoms with E-state index in [1.54, 1.807) is 0 Å². The third kappa shape index (κ3) is 2.63. The van der Waals surface area contributed by atoms with Gasteiger partial charge in [-0.2, -0.15) is 0 Å². The number of aryl methyl sites for hydroxylation is 2. The second-order valence-electron chi connectivity index (χ2n) is 9.24. The van der Waals surface area contributed by atoms with E-state index in [9.17, 15) is 0 Å². The molecule has 0 aliphatic carbocycles. The second-order valence-corrected chi connectivity index (χ2v) is 9.24. The lowest BCUT2D eigenvalue weighted by molar-refractivity contribution is 1.16. The minimum absolute atomic E-state index is 1.20. The van der Waals surface area contributed by atoms with Crippen molar-refractivity contribution >= 4 is 43.6 Å². The molecule has 0 saturated heterocycles. The number of fused-ring (bicyclic) bond motifs is 7. The van der Waals surface area contributed by atoms with Crippen LogP contribution in [0.5, 0.6) is 0 Å². The Labute approximate surface area is 198 Å². The molecule has 0 spiro atoms. The van der Waals surface area contributed by atoms with Crippen molar-refractivity contribution < 1.29 is 0 Å². The molecule has 0 aliphatic heterocycles. The van der Waals surface area contributed by atoms with E-state index in [0.29, 0.717) is 0 Å². The van der Waals surface area contributed by atoms with Crippen molar-refractivity contribution in [2.24, 2.45) is 0 Å². The third-order valence-corrected chi connectivity index (χ3v) is 6.99. The quantitative estimate of drug-likeness (QED) is 0.257. The summed E-state index contributed by atoms with van der Waals surface area (Å²) in [6, 6.07) is 39.8. The predicted octanol–water partition coefficient (Wildman–Crippen LogP) is 8.50. The lowest BCUT2D eigenvalue weighted by Gasteiger charge is -2.11. The highest BCUT2D eigenvalue weighted by atomic mass is 15.0. The van der Waals surface area contributed by atoms with Crippen molar-refractivity contribution in [2.75, 3.05) is 0 Å². The van der Waals surface area contributed by atoms with E-state index in [4.69, 9.17) is 0 Å². The van der Waals surface area contributed by atoms with E-state index in [0.717, 1.165) is 0 Å². The van der Waals surface area contributed by atoms with Crippen LogP contribution in [0.2, 0.25) is 0 Å². The fourth-order valence-electron chi connectivity index (χ4n) is 5.59. The van der Waals surface area contributed by atoms with E-state index in [1.807, 2.05) is 0 Å². The van der Waals surface area contributed by atoms with Crippen molar-refractivity contribution in [2.45, 2.75) is 13.8 Å². The number of rotatable bonds is 2. The molecule has 2 heteroatoms. The van der Waals surface area contributed by atoms with Crippen LogP contribution in [-0.4, -0.2) is 9.13 Å². The molecule has 0 unspecified atom stereocenters. The Hall–Kier alpha value is -4.30. The molecule has 0 aliphatic rings. The Bertz CT molecular complexity index is 1880. The van der Waals surface area contributed by atoms with Crippen LogP contribution in [0.15, 0.2) is 109 Å². The van der Waals surface area contributed by atoms with Gasteiger partial charge >= 0.3 is 0 Å². The maximum Gasteiger partial charge on any atom is 0.0641 e. The predicted molar refractivity (Wildman–Crippen MR) is 145 cm³/mol. The molecule has 0 N–H and O–H groups in total. The van der Waals surface area contributed by atoms with Crippen LogP contribution in [0.25, 0.3) is 55.0 Å². The molecule has 7 rings (SSSR count). The monoisotopic (exact) mass is 436 g/mol. The molecule has 0 bridgehead atoms. The molecule has 2 heterocycles. The zero-order valence-corrected chi connectivity index (χ0v) is 19.3. The summed E-state index contributed by atoms with van der Waals surface area (Å²) in [5, 5.41) is 5.15. The third-order valence-electron chi connectivity index (χ3n) is 6.99. The fourth-order valence-corrected chi connectivity index (χ4v) is 5.59. The number of benzene rings is 5. The van der Waals surface area contributed by atoms with E-state index in [1.165, 1.54) is 66.1 Å². The van der Waals surface area contributed by atoms with Gasteiger partial charge in [-0.15, -0.1) is 0 Å². The van der Waals surface area contributed by atoms with Crippen LogP contribution in [0.1, 0.15) is 11.1 Å². The van der Waals surface area contributed by atoms with Gasteiger partial charge in [-0.25, -0.2) is 0 Å². The number of hydrogen-bond acceptors (Lipinski definition) is 0. The first-order chi connectivity index (χ1) is 16.7. The maximum atomic E-state index is 2.45. The van der Waals surface area contributed by atoms with Gasteiger partial charge in [0.05, 0.1) is 22.1 Å². The molecule has 162 valence electrons. The average molecular weight is 437 g/mol. The maximum absolute atomic E-state index is 2.45. The summed E-state index contributed by atoms with van der Waals surface area (Å²) in [6.45, 7) is 4.32. The van der Waals surface area contributed by atoms with Crippen molar-refractivity contribution in [3.63, 3.8) is 0 Å². The molecule has 0 saturated carbocycles. The average Bonchev–Trinajstić information content (AvgIpc) is 3.37. The molecule has 2 aromatic heterocycles. The van der Waals surface area contributed by atoms with Crippen LogP contribution in [0.4, 0.5) is 0 Å². The van der Waals surface area contributed by atoms with Gasteiger partial charge in [-0.05, 0) is 67.4 Å². The summed E-state index contributed by atoms with van der Waals surface area (Å²) in [6.07, 6.45) is 0. The topological polar surface area (TPSA) is 9.86 Å². The Kier molecular flexibility index (Phi) is 4.01. The van der Waals surface area contributed by atoms with Gasteiger partial charge < -0.3 is 9.13 Å². The second kappa shape index (κ2) is 7.10. The summed E-state index contributed by atoms with van der Waals surface area (Å²) < 4.78 is 4.86. The standard InChI is InChI=1S/C32H24N2/c1-21-9-7-11-23(19-21)33-29-16-6-4-14-27(29)31-30(33)18-17-26-25-13-3-5-15-28(25)34(32(26)31)24-12-8-10-22(2)20-24/h3-20H,1-2H3. The van der Waals surface area contributed by atoms with E-state index < -0.39 is 0 Å². The van der Waals surface area contributed by atoms with E-state index in [2.05, 4.69) is 132 Å². The zero-order chi connectivity index (χ0) is 22.8. The van der Waals surface area contributed by atoms with Gasteiger partial charge in [-0.3, -0.25) is 0 Å². The Morgan fingerprint density at radius 1 is 0.441 bits per heavy atom. The molecule has 0 fully saturated rings. The Balaban J connectivity index is 1.75. The van der Waals surface area contributed by atoms with Crippen LogP contribution in [0, 0.1) is 13.8 Å². The molecule has 0 amide bonds. The minimum Gasteiger partial charge on any atom is -0.309 e. The highest BCUT2D eigenvalue weighted by Crippen LogP contribution is 2.41. The first kappa shape index (κ1) is 19.2. The normalized spacial score (nSPS) is 11.8. The lowest BCUT2D eigenvalue weighted by Crippen LogP contribution is -1.96. The smallest absolute Gasteiger partial charge is 0.0641 e. The Morgan fingerprint density at radius 2 is 1.03 bits per heavy atom. The van der Waals surface area contributed by atoms with Crippen LogP contribution >= 0.6 is 0 Å². The molecule has 0 radical (unpaired) electrons. The van der Waals surface area contributed by atoms with Gasteiger partial charge in [0.1, 0.15) is 0 Å². The summed E-state index contributed by atoms with van der Waals surface area (Å²) in [5.41, 5.74) is 9.90. The minimum atomic E-state index is 1.20. The van der Waals surface area contributed by atoms with Crippen molar-refractivity contribution in [1.29, 1.82) is 0 Å². The van der Waals surface area contributed by atoms with Crippen LogP contribution in [-0.2, 0) is 0 Å². The highest BCUT2D eigenvalue weighted by Gasteiger charge is 2.20. The lowest BCUT2D eigenvalue weighted by atomic mass is 10.1. The molecule has 34 heavy (non-hydrogen) atoms. The van der Waals surface area contributed by atoms with Crippen molar-refractivity contribution in [1.82, 2.24) is 9.13 Å². The summed E-state index contributed by atoms with van der Waals surface area (Å²) in [5.74, 6) is 0. The first-order valence-corrected chi connectivity index (χ1v) is 11.8. The number of nitrogens with zero attached hydrogens (tertiary/aromatic N) is 2. The summed E-state index contributed by atoms with van der Waals surface area (Å²) in [7, 11) is 0. The van der Waals surface area contributed by atoms with Crippen LogP contribution in [0.3, 0.4) is 0 Å². The van der Waals surface area contributed by atoms with Gasteiger partial charge in [0, 0.05) is 32.9 Å². The summed E-state index contributed by atoms with van der Waals surface area (Å²) >= 11 is 0. The molecule has 0 atom stereocenters. The fraction of sp³-hybridized carbons (Fsp3) is 0.0625. The molecule has 7 aromatic rings. The van der Waals surface area contributed by atoms with Gasteiger partial charge in [-0.1, -0.05) is 66.7 Å². The number of para-hydroxylation sites is 2. The largest absolute Gasteiger partial charge is 0.309 e. The van der Waals surface area contributed by atoms with Crippen molar-refractivity contribution in [3.8, 4) is 11.4 Å². The highest BCUT2D eigenvalue weighted by molar-refractivity contribution is 6.26. The zero-order valence-electron chi connectivity index (χ0n) is 19.3. The molecule has 5 aromatic carbocycles. The Morgan fingerprint density at radius 3 is 1.71 bits per heavy atom. The number of hydrogen-bond donors (Lipinski definition) is 0.